The molecule has 23 heavy (non-hydrogen) atoms. The van der Waals surface area contributed by atoms with Crippen LogP contribution in [0.1, 0.15) is 61.9 Å². The highest BCUT2D eigenvalue weighted by Crippen LogP contribution is 2.21. The van der Waals surface area contributed by atoms with Gasteiger partial charge in [-0.2, -0.15) is 0 Å². The van der Waals surface area contributed by atoms with Gasteiger partial charge in [-0.1, -0.05) is 0 Å². The van der Waals surface area contributed by atoms with E-state index < -0.39 is 6.04 Å². The smallest absolute Gasteiger partial charge is 0.253 e. The van der Waals surface area contributed by atoms with Crippen LogP contribution in [-0.4, -0.2) is 39.3 Å². The average molecular weight is 319 g/mol. The number of rotatable bonds is 4. The van der Waals surface area contributed by atoms with Gasteiger partial charge in [-0.25, -0.2) is 0 Å². The molecule has 1 aromatic rings. The molecule has 0 unspecified atom stereocenters. The van der Waals surface area contributed by atoms with Crippen molar-refractivity contribution < 1.29 is 14.4 Å². The summed E-state index contributed by atoms with van der Waals surface area (Å²) in [5.41, 5.74) is 2.42. The fraction of sp³-hybridized carbons (Fsp3) is 0.588. The SMILES string of the molecule is Cc1cc(C(=O)N[C@@H]2CC(=O)N(C(C)C)C2=O)c(C)n1C(C)C. The molecule has 1 saturated heterocycles. The fourth-order valence-electron chi connectivity index (χ4n) is 3.34. The summed E-state index contributed by atoms with van der Waals surface area (Å²) in [4.78, 5) is 37.9. The molecule has 6 heteroatoms. The largest absolute Gasteiger partial charge is 0.346 e. The molecule has 0 aliphatic carbocycles. The van der Waals surface area contributed by atoms with E-state index in [0.717, 1.165) is 11.4 Å². The minimum Gasteiger partial charge on any atom is -0.346 e. The molecule has 0 spiro atoms. The number of carbonyl (C=O) groups excluding carboxylic acids is 3. The number of nitrogens with one attached hydrogen (secondary N) is 1. The first-order valence-electron chi connectivity index (χ1n) is 8.00. The van der Waals surface area contributed by atoms with Crippen molar-refractivity contribution in [3.05, 3.63) is 23.0 Å². The van der Waals surface area contributed by atoms with Gasteiger partial charge in [-0.3, -0.25) is 19.3 Å². The van der Waals surface area contributed by atoms with Crippen LogP contribution in [0.2, 0.25) is 0 Å². The van der Waals surface area contributed by atoms with Gasteiger partial charge < -0.3 is 9.88 Å². The third kappa shape index (κ3) is 3.02. The van der Waals surface area contributed by atoms with E-state index in [2.05, 4.69) is 23.7 Å². The Hall–Kier alpha value is -2.11. The molecule has 1 aliphatic rings. The Morgan fingerprint density at radius 1 is 1.17 bits per heavy atom. The molecule has 3 amide bonds. The van der Waals surface area contributed by atoms with Crippen molar-refractivity contribution in [2.75, 3.05) is 0 Å². The van der Waals surface area contributed by atoms with Crippen LogP contribution in [0.3, 0.4) is 0 Å². The summed E-state index contributed by atoms with van der Waals surface area (Å²) in [6.45, 7) is 11.5. The monoisotopic (exact) mass is 319 g/mol. The summed E-state index contributed by atoms with van der Waals surface area (Å²) in [6, 6.07) is 1.12. The molecule has 1 aromatic heterocycles. The van der Waals surface area contributed by atoms with Gasteiger partial charge in [0.2, 0.25) is 5.91 Å². The summed E-state index contributed by atoms with van der Waals surface area (Å²) in [5.74, 6) is -0.860. The third-order valence-electron chi connectivity index (χ3n) is 4.25. The number of aryl methyl sites for hydroxylation is 1. The van der Waals surface area contributed by atoms with Crippen molar-refractivity contribution in [1.82, 2.24) is 14.8 Å². The zero-order chi connectivity index (χ0) is 17.5. The highest BCUT2D eigenvalue weighted by Gasteiger charge is 2.40. The van der Waals surface area contributed by atoms with Crippen LogP contribution in [0.25, 0.3) is 0 Å². The Kier molecular flexibility index (Phi) is 4.63. The molecule has 2 heterocycles. The minimum atomic E-state index is -0.764. The molecule has 0 bridgehead atoms. The first-order chi connectivity index (χ1) is 10.6. The number of carbonyl (C=O) groups is 3. The molecular weight excluding hydrogens is 294 g/mol. The van der Waals surface area contributed by atoms with Crippen molar-refractivity contribution in [2.24, 2.45) is 0 Å². The van der Waals surface area contributed by atoms with E-state index >= 15 is 0 Å². The summed E-state index contributed by atoms with van der Waals surface area (Å²) < 4.78 is 2.08. The molecule has 1 fully saturated rings. The number of nitrogens with zero attached hydrogens (tertiary/aromatic N) is 2. The number of hydrogen-bond donors (Lipinski definition) is 1. The molecule has 6 nitrogen and oxygen atoms in total. The number of imide groups is 1. The highest BCUT2D eigenvalue weighted by atomic mass is 16.2. The Morgan fingerprint density at radius 2 is 1.78 bits per heavy atom. The second kappa shape index (κ2) is 6.18. The van der Waals surface area contributed by atoms with Gasteiger partial charge in [0.25, 0.3) is 11.8 Å². The third-order valence-corrected chi connectivity index (χ3v) is 4.25. The molecule has 0 aromatic carbocycles. The summed E-state index contributed by atoms with van der Waals surface area (Å²) in [6.07, 6.45) is 0.0334. The van der Waals surface area contributed by atoms with E-state index in [0.29, 0.717) is 5.56 Å². The first kappa shape index (κ1) is 17.2. The molecule has 2 rings (SSSR count). The number of aromatic nitrogens is 1. The zero-order valence-corrected chi connectivity index (χ0v) is 14.6. The molecule has 126 valence electrons. The Labute approximate surface area is 136 Å². The predicted octanol–water partition coefficient (Wildman–Crippen LogP) is 1.95. The number of likely N-dealkylation sites (tertiary alicyclic amines) is 1. The van der Waals surface area contributed by atoms with Crippen LogP contribution in [0.5, 0.6) is 0 Å². The van der Waals surface area contributed by atoms with Crippen LogP contribution in [0.15, 0.2) is 6.07 Å². The van der Waals surface area contributed by atoms with Crippen LogP contribution in [0.4, 0.5) is 0 Å². The van der Waals surface area contributed by atoms with Gasteiger partial charge in [0, 0.05) is 23.5 Å². The lowest BCUT2D eigenvalue weighted by Gasteiger charge is -2.19. The average Bonchev–Trinajstić information content (AvgIpc) is 2.86. The quantitative estimate of drug-likeness (QED) is 0.862. The number of amides is 3. The van der Waals surface area contributed by atoms with Crippen molar-refractivity contribution in [3.63, 3.8) is 0 Å². The van der Waals surface area contributed by atoms with E-state index in [9.17, 15) is 14.4 Å². The topological polar surface area (TPSA) is 71.4 Å². The van der Waals surface area contributed by atoms with Gasteiger partial charge in [-0.15, -0.1) is 0 Å². The molecule has 0 radical (unpaired) electrons. The normalized spacial score (nSPS) is 18.4. The van der Waals surface area contributed by atoms with E-state index in [1.165, 1.54) is 4.90 Å². The Morgan fingerprint density at radius 3 is 2.22 bits per heavy atom. The van der Waals surface area contributed by atoms with Crippen LogP contribution < -0.4 is 5.32 Å². The van der Waals surface area contributed by atoms with Crippen LogP contribution >= 0.6 is 0 Å². The lowest BCUT2D eigenvalue weighted by molar-refractivity contribution is -0.140. The van der Waals surface area contributed by atoms with Crippen LogP contribution in [0, 0.1) is 13.8 Å². The van der Waals surface area contributed by atoms with E-state index in [1.807, 2.05) is 19.9 Å². The van der Waals surface area contributed by atoms with Gasteiger partial charge in [-0.05, 0) is 47.6 Å². The minimum absolute atomic E-state index is 0.0334. The van der Waals surface area contributed by atoms with E-state index in [4.69, 9.17) is 0 Å². The van der Waals surface area contributed by atoms with Crippen molar-refractivity contribution in [3.8, 4) is 0 Å². The Balaban J connectivity index is 2.19. The van der Waals surface area contributed by atoms with Gasteiger partial charge in [0.05, 0.1) is 12.0 Å². The highest BCUT2D eigenvalue weighted by molar-refractivity contribution is 6.08. The second-order valence-electron chi connectivity index (χ2n) is 6.67. The summed E-state index contributed by atoms with van der Waals surface area (Å²) in [7, 11) is 0. The summed E-state index contributed by atoms with van der Waals surface area (Å²) >= 11 is 0. The predicted molar refractivity (Wildman–Crippen MR) is 87.2 cm³/mol. The number of hydrogen-bond acceptors (Lipinski definition) is 3. The van der Waals surface area contributed by atoms with Crippen molar-refractivity contribution >= 4 is 17.7 Å². The fourth-order valence-corrected chi connectivity index (χ4v) is 3.34. The van der Waals surface area contributed by atoms with Gasteiger partial charge in [0.15, 0.2) is 0 Å². The van der Waals surface area contributed by atoms with Crippen LogP contribution in [-0.2, 0) is 9.59 Å². The molecule has 1 aliphatic heterocycles. The standard InChI is InChI=1S/C17H25N3O3/c1-9(2)19-11(5)7-13(12(19)6)16(22)18-14-8-15(21)20(10(3)4)17(14)23/h7,9-10,14H,8H2,1-6H3,(H,18,22)/t14-/m1/s1. The lowest BCUT2D eigenvalue weighted by atomic mass is 10.2. The maximum absolute atomic E-state index is 12.5. The molecule has 0 saturated carbocycles. The zero-order valence-electron chi connectivity index (χ0n) is 14.6. The van der Waals surface area contributed by atoms with Gasteiger partial charge >= 0.3 is 0 Å². The maximum atomic E-state index is 12.5. The lowest BCUT2D eigenvalue weighted by Crippen LogP contribution is -2.43. The first-order valence-corrected chi connectivity index (χ1v) is 8.00. The summed E-state index contributed by atoms with van der Waals surface area (Å²) in [5, 5.41) is 2.72. The Bertz CT molecular complexity index is 658. The molecule has 1 atom stereocenters. The van der Waals surface area contributed by atoms with Crippen molar-refractivity contribution in [1.29, 1.82) is 0 Å². The van der Waals surface area contributed by atoms with E-state index in [1.54, 1.807) is 13.8 Å². The van der Waals surface area contributed by atoms with E-state index in [-0.39, 0.29) is 36.2 Å². The molecule has 1 N–H and O–H groups in total. The van der Waals surface area contributed by atoms with Gasteiger partial charge in [0.1, 0.15) is 6.04 Å². The van der Waals surface area contributed by atoms with Crippen molar-refractivity contribution in [2.45, 2.75) is 66.1 Å². The second-order valence-corrected chi connectivity index (χ2v) is 6.67. The molecular formula is C17H25N3O3. The maximum Gasteiger partial charge on any atom is 0.253 e.